The van der Waals surface area contributed by atoms with Gasteiger partial charge in [-0.05, 0) is 54.1 Å². The number of carbonyl (C=O) groups is 3. The number of ether oxygens (including phenoxy) is 1. The number of anilines is 3. The zero-order valence-corrected chi connectivity index (χ0v) is 32.0. The summed E-state index contributed by atoms with van der Waals surface area (Å²) in [5.41, 5.74) is -0.205. The summed E-state index contributed by atoms with van der Waals surface area (Å²) in [7, 11) is -3.57. The molecule has 7 rings (SSSR count). The van der Waals surface area contributed by atoms with Gasteiger partial charge in [-0.3, -0.25) is 23.7 Å². The van der Waals surface area contributed by atoms with Gasteiger partial charge < -0.3 is 19.9 Å². The number of hydrogen-bond donors (Lipinski definition) is 5. The van der Waals surface area contributed by atoms with Crippen LogP contribution in [0, 0.1) is 0 Å². The van der Waals surface area contributed by atoms with E-state index < -0.39 is 50.3 Å². The van der Waals surface area contributed by atoms with Gasteiger partial charge >= 0.3 is 0 Å². The molecule has 20 heteroatoms. The highest BCUT2D eigenvalue weighted by molar-refractivity contribution is 7.95. The molecule has 1 heterocycles. The van der Waals surface area contributed by atoms with Gasteiger partial charge in [0.15, 0.2) is 18.2 Å². The van der Waals surface area contributed by atoms with Crippen LogP contribution >= 0.6 is 24.1 Å². The van der Waals surface area contributed by atoms with Gasteiger partial charge in [-0.25, -0.2) is 10.5 Å². The summed E-state index contributed by atoms with van der Waals surface area (Å²) in [6.45, 7) is -0.547. The van der Waals surface area contributed by atoms with Gasteiger partial charge in [0.2, 0.25) is 0 Å². The molecule has 5 aromatic carbocycles. The average Bonchev–Trinajstić information content (AvgIpc) is 3.22. The Balaban J connectivity index is 1.40. The van der Waals surface area contributed by atoms with E-state index in [4.69, 9.17) is 15.3 Å². The zero-order valence-electron chi connectivity index (χ0n) is 29.5. The molecule has 58 heavy (non-hydrogen) atoms. The van der Waals surface area contributed by atoms with Crippen LogP contribution in [-0.2, 0) is 40.7 Å². The second-order valence-electron chi connectivity index (χ2n) is 12.3. The molecular weight excluding hydrogens is 819 g/mol. The molecule has 1 aliphatic carbocycles. The van der Waals surface area contributed by atoms with Crippen LogP contribution in [0.2, 0.25) is 0 Å². The van der Waals surface area contributed by atoms with Crippen LogP contribution < -0.4 is 20.9 Å². The Hall–Kier alpha value is -5.91. The maximum Gasteiger partial charge on any atom is 0.296 e. The van der Waals surface area contributed by atoms with E-state index in [-0.39, 0.29) is 55.0 Å². The Morgan fingerprint density at radius 2 is 1.48 bits per heavy atom. The van der Waals surface area contributed by atoms with Crippen LogP contribution in [0.15, 0.2) is 123 Å². The number of hydrogen-bond acceptors (Lipinski definition) is 16. The molecule has 6 aromatic rings. The third kappa shape index (κ3) is 7.97. The maximum atomic E-state index is 14.5. The summed E-state index contributed by atoms with van der Waals surface area (Å²) in [6.07, 6.45) is 0. The number of amides is 1. The first-order valence-electron chi connectivity index (χ1n) is 16.6. The zero-order chi connectivity index (χ0) is 41.1. The van der Waals surface area contributed by atoms with Gasteiger partial charge in [-0.1, -0.05) is 64.7 Å². The minimum atomic E-state index is -5.02. The Labute approximate surface area is 336 Å². The fourth-order valence-corrected chi connectivity index (χ4v) is 8.08. The maximum absolute atomic E-state index is 14.5. The molecule has 5 N–H and O–H groups in total. The number of nitrogens with one attached hydrogen (secondary N) is 2. The van der Waals surface area contributed by atoms with E-state index in [9.17, 15) is 32.1 Å². The predicted octanol–water partition coefficient (Wildman–Crippen LogP) is 6.85. The van der Waals surface area contributed by atoms with Crippen LogP contribution in [-0.4, -0.2) is 52.1 Å². The van der Waals surface area contributed by atoms with Crippen molar-refractivity contribution in [3.8, 4) is 16.9 Å². The van der Waals surface area contributed by atoms with E-state index in [1.165, 1.54) is 35.9 Å². The summed E-state index contributed by atoms with van der Waals surface area (Å²) in [5.74, 6) is -1.63. The van der Waals surface area contributed by atoms with E-state index in [1.807, 2.05) is 0 Å². The number of benzene rings is 5. The lowest BCUT2D eigenvalue weighted by molar-refractivity contribution is -0.432. The van der Waals surface area contributed by atoms with Crippen molar-refractivity contribution in [1.29, 1.82) is 0 Å². The quantitative estimate of drug-likeness (QED) is 0.0233. The molecule has 1 amide bonds. The second-order valence-corrected chi connectivity index (χ2v) is 15.2. The summed E-state index contributed by atoms with van der Waals surface area (Å²) in [4.78, 5) is 55.5. The van der Waals surface area contributed by atoms with Crippen LogP contribution in [0.5, 0.6) is 5.75 Å². The molecule has 0 spiro atoms. The molecule has 0 bridgehead atoms. The van der Waals surface area contributed by atoms with Gasteiger partial charge in [0, 0.05) is 34.0 Å². The van der Waals surface area contributed by atoms with Crippen molar-refractivity contribution in [2.24, 2.45) is 7.05 Å². The Kier molecular flexibility index (Phi) is 11.7. The van der Waals surface area contributed by atoms with Crippen LogP contribution in [0.25, 0.3) is 22.0 Å². The normalized spacial score (nSPS) is 12.0. The number of nitrogens with zero attached hydrogens (tertiary/aromatic N) is 1. The van der Waals surface area contributed by atoms with Crippen molar-refractivity contribution in [1.82, 2.24) is 4.57 Å². The largest absolute Gasteiger partial charge is 0.484 e. The summed E-state index contributed by atoms with van der Waals surface area (Å²) < 4.78 is 51.2. The van der Waals surface area contributed by atoms with E-state index in [0.29, 0.717) is 40.3 Å². The van der Waals surface area contributed by atoms with Crippen molar-refractivity contribution in [3.63, 3.8) is 0 Å². The molecule has 0 saturated heterocycles. The second kappa shape index (κ2) is 16.9. The summed E-state index contributed by atoms with van der Waals surface area (Å²) >= 11 is 0.931. The Morgan fingerprint density at radius 3 is 2.21 bits per heavy atom. The van der Waals surface area contributed by atoms with Crippen molar-refractivity contribution in [2.45, 2.75) is 14.7 Å². The number of fused-ring (bicyclic) bond motifs is 2. The van der Waals surface area contributed by atoms with Gasteiger partial charge in [-0.15, -0.1) is 8.67 Å². The third-order valence-electron chi connectivity index (χ3n) is 8.89. The Bertz CT molecular complexity index is 2800. The smallest absolute Gasteiger partial charge is 0.296 e. The minimum absolute atomic E-state index is 0.0182. The molecule has 1 aromatic heterocycles. The number of aryl methyl sites for hydroxylation is 1. The number of rotatable bonds is 15. The highest BCUT2D eigenvalue weighted by Crippen LogP contribution is 2.45. The lowest BCUT2D eigenvalue weighted by atomic mass is 9.80. The number of pyridine rings is 1. The molecule has 0 fully saturated rings. The lowest BCUT2D eigenvalue weighted by Crippen LogP contribution is -2.29. The molecule has 0 unspecified atom stereocenters. The molecule has 0 saturated carbocycles. The van der Waals surface area contributed by atoms with E-state index in [2.05, 4.69) is 29.4 Å². The lowest BCUT2D eigenvalue weighted by Gasteiger charge is -2.26. The SMILES string of the molecule is Cn1c(=O)c(C(=O)c2cccc(SOOO)c2)c2c3c(c(Nc4cc(NC(=O)COc5ccccc5)c(S(=O)(=O)O)cc4SOOO)ccc31)C(=O)c1ccccc1-2. The fourth-order valence-electron chi connectivity index (χ4n) is 6.46. The summed E-state index contributed by atoms with van der Waals surface area (Å²) in [6, 6.07) is 25.9. The van der Waals surface area contributed by atoms with Gasteiger partial charge in [0.05, 0.1) is 62.7 Å². The van der Waals surface area contributed by atoms with Crippen molar-refractivity contribution in [3.05, 3.63) is 136 Å². The molecule has 0 aliphatic heterocycles. The first-order valence-corrected chi connectivity index (χ1v) is 19.5. The van der Waals surface area contributed by atoms with Crippen LogP contribution in [0.3, 0.4) is 0 Å². The van der Waals surface area contributed by atoms with Gasteiger partial charge in [-0.2, -0.15) is 8.42 Å². The van der Waals surface area contributed by atoms with E-state index >= 15 is 0 Å². The average molecular weight is 846 g/mol. The minimum Gasteiger partial charge on any atom is -0.484 e. The Morgan fingerprint density at radius 1 is 0.776 bits per heavy atom. The number of carbonyl (C=O) groups excluding carboxylic acids is 3. The van der Waals surface area contributed by atoms with E-state index in [1.54, 1.807) is 66.7 Å². The molecule has 1 aliphatic rings. The highest BCUT2D eigenvalue weighted by Gasteiger charge is 2.34. The van der Waals surface area contributed by atoms with Gasteiger partial charge in [0.25, 0.3) is 21.6 Å². The number of ketones is 2. The first-order chi connectivity index (χ1) is 27.9. The monoisotopic (exact) mass is 845 g/mol. The molecule has 17 nitrogen and oxygen atoms in total. The first kappa shape index (κ1) is 40.3. The third-order valence-corrected chi connectivity index (χ3v) is 11.0. The summed E-state index contributed by atoms with van der Waals surface area (Å²) in [5, 5.41) is 30.7. The van der Waals surface area contributed by atoms with Crippen LogP contribution in [0.4, 0.5) is 17.1 Å². The predicted molar refractivity (Wildman–Crippen MR) is 209 cm³/mol. The fraction of sp³-hybridized carbons (Fsp3) is 0.0526. The molecular formula is C38H27N3O14S3. The van der Waals surface area contributed by atoms with Gasteiger partial charge in [0.1, 0.15) is 10.6 Å². The van der Waals surface area contributed by atoms with Crippen molar-refractivity contribution in [2.75, 3.05) is 17.2 Å². The highest BCUT2D eigenvalue weighted by atomic mass is 32.2. The van der Waals surface area contributed by atoms with Crippen LogP contribution in [0.1, 0.15) is 31.8 Å². The molecule has 0 radical (unpaired) electrons. The standard InChI is InChI=1S/C38H27N3O14S3/c1-41-28-15-14-25(39-26-17-27(30(58(48,49)50)18-29(26)57-55-53-47)40-31(42)19-51-21-9-3-2-4-10-21)33-34(28)32(23-12-5-6-13-24(23)37(33)44)35(38(41)45)36(43)20-8-7-11-22(16-20)56-54-52-46/h2-18,39,46-47H,19H2,1H3,(H,40,42)(H,48,49,50). The van der Waals surface area contributed by atoms with Crippen molar-refractivity contribution >= 4 is 79.6 Å². The number of para-hydroxylation sites is 1. The topological polar surface area (TPSA) is 238 Å². The van der Waals surface area contributed by atoms with Crippen molar-refractivity contribution < 1.29 is 61.3 Å². The van der Waals surface area contributed by atoms with E-state index in [0.717, 1.165) is 12.1 Å². The molecule has 296 valence electrons. The number of aromatic nitrogens is 1. The molecule has 0 atom stereocenters.